The monoisotopic (exact) mass is 284 g/mol. The van der Waals surface area contributed by atoms with E-state index in [0.29, 0.717) is 35.1 Å². The fourth-order valence-electron chi connectivity index (χ4n) is 1.97. The zero-order valence-corrected chi connectivity index (χ0v) is 11.8. The Bertz CT molecular complexity index is 680. The number of nitrogens with one attached hydrogen (secondary N) is 2. The van der Waals surface area contributed by atoms with Crippen LogP contribution in [0.1, 0.15) is 18.1 Å². The molecule has 0 saturated heterocycles. The molecule has 2 rings (SSSR count). The Labute approximate surface area is 122 Å². The average molecular weight is 284 g/mol. The molecule has 1 heterocycles. The third-order valence-electron chi connectivity index (χ3n) is 3.02. The Morgan fingerprint density at radius 1 is 1.33 bits per heavy atom. The smallest absolute Gasteiger partial charge is 0.148 e. The van der Waals surface area contributed by atoms with Crippen molar-refractivity contribution in [3.63, 3.8) is 0 Å². The molecule has 0 amide bonds. The van der Waals surface area contributed by atoms with Crippen molar-refractivity contribution >= 4 is 17.3 Å². The number of nitrogens with zero attached hydrogens (tertiary/aromatic N) is 3. The molecule has 0 fully saturated rings. The number of hydrogen-bond acceptors (Lipinski definition) is 7. The fraction of sp³-hybridized carbons (Fsp3) is 0.214. The number of hydrazine groups is 1. The molecule has 7 nitrogen and oxygen atoms in total. The summed E-state index contributed by atoms with van der Waals surface area (Å²) in [6, 6.07) is 7.22. The minimum Gasteiger partial charge on any atom is -0.495 e. The summed E-state index contributed by atoms with van der Waals surface area (Å²) >= 11 is 0. The van der Waals surface area contributed by atoms with Crippen molar-refractivity contribution in [3.05, 3.63) is 35.7 Å². The van der Waals surface area contributed by atoms with E-state index in [9.17, 15) is 0 Å². The number of nitrogens with two attached hydrogens (primary N) is 1. The minimum atomic E-state index is 0.528. The molecule has 21 heavy (non-hydrogen) atoms. The molecular formula is C14H16N6O. The summed E-state index contributed by atoms with van der Waals surface area (Å²) in [6.45, 7) is 1.99. The lowest BCUT2D eigenvalue weighted by molar-refractivity contribution is 0.416. The maximum Gasteiger partial charge on any atom is 0.148 e. The van der Waals surface area contributed by atoms with Gasteiger partial charge in [-0.3, -0.25) is 0 Å². The lowest BCUT2D eigenvalue weighted by Gasteiger charge is -2.14. The van der Waals surface area contributed by atoms with Crippen LogP contribution in [0.4, 0.5) is 17.3 Å². The summed E-state index contributed by atoms with van der Waals surface area (Å²) in [7, 11) is 1.55. The molecule has 0 aliphatic carbocycles. The van der Waals surface area contributed by atoms with Crippen LogP contribution in [0.5, 0.6) is 5.75 Å². The molecule has 0 atom stereocenters. The zero-order valence-electron chi connectivity index (χ0n) is 11.8. The maximum absolute atomic E-state index is 8.92. The number of nitriles is 1. The molecule has 0 bridgehead atoms. The van der Waals surface area contributed by atoms with E-state index in [2.05, 4.69) is 26.8 Å². The van der Waals surface area contributed by atoms with Crippen LogP contribution in [0.3, 0.4) is 0 Å². The van der Waals surface area contributed by atoms with Gasteiger partial charge in [-0.2, -0.15) is 5.26 Å². The van der Waals surface area contributed by atoms with E-state index in [1.165, 1.54) is 6.33 Å². The highest BCUT2D eigenvalue weighted by atomic mass is 16.5. The number of anilines is 3. The predicted octanol–water partition coefficient (Wildman–Crippen LogP) is 1.95. The number of nitrogen functional groups attached to an aromatic ring is 1. The molecule has 1 aromatic heterocycles. The molecule has 0 radical (unpaired) electrons. The summed E-state index contributed by atoms with van der Waals surface area (Å²) in [5.41, 5.74) is 4.66. The predicted molar refractivity (Wildman–Crippen MR) is 80.2 cm³/mol. The highest BCUT2D eigenvalue weighted by Gasteiger charge is 2.11. The van der Waals surface area contributed by atoms with Gasteiger partial charge in [0.05, 0.1) is 24.4 Å². The van der Waals surface area contributed by atoms with Crippen molar-refractivity contribution in [2.75, 3.05) is 17.9 Å². The van der Waals surface area contributed by atoms with Gasteiger partial charge in [-0.25, -0.2) is 15.8 Å². The van der Waals surface area contributed by atoms with Crippen LogP contribution in [0.15, 0.2) is 24.5 Å². The van der Waals surface area contributed by atoms with Gasteiger partial charge < -0.3 is 15.5 Å². The Hall–Kier alpha value is -2.85. The van der Waals surface area contributed by atoms with Crippen LogP contribution in [0.2, 0.25) is 0 Å². The lowest BCUT2D eigenvalue weighted by Crippen LogP contribution is -2.13. The molecule has 0 aliphatic heterocycles. The van der Waals surface area contributed by atoms with E-state index in [0.717, 1.165) is 5.56 Å². The number of hydrogen-bond donors (Lipinski definition) is 3. The SMILES string of the molecule is CCc1c(NN)ncnc1Nc1ccc(C#N)cc1OC. The first kappa shape index (κ1) is 14.6. The highest BCUT2D eigenvalue weighted by molar-refractivity contribution is 5.70. The fourth-order valence-corrected chi connectivity index (χ4v) is 1.97. The molecule has 1 aromatic carbocycles. The summed E-state index contributed by atoms with van der Waals surface area (Å²) in [4.78, 5) is 8.31. The standard InChI is InChI=1S/C14H16N6O/c1-3-10-13(17-8-18-14(10)20-16)19-11-5-4-9(7-15)6-12(11)21-2/h4-6,8H,3,16H2,1-2H3,(H2,17,18,19,20). The first-order valence-electron chi connectivity index (χ1n) is 6.39. The lowest BCUT2D eigenvalue weighted by atomic mass is 10.2. The first-order chi connectivity index (χ1) is 10.2. The van der Waals surface area contributed by atoms with Crippen molar-refractivity contribution < 1.29 is 4.74 Å². The van der Waals surface area contributed by atoms with Gasteiger partial charge in [-0.15, -0.1) is 0 Å². The summed E-state index contributed by atoms with van der Waals surface area (Å²) < 4.78 is 5.29. The molecule has 7 heteroatoms. The number of aromatic nitrogens is 2. The van der Waals surface area contributed by atoms with Crippen LogP contribution >= 0.6 is 0 Å². The van der Waals surface area contributed by atoms with E-state index in [-0.39, 0.29) is 0 Å². The van der Waals surface area contributed by atoms with E-state index in [1.807, 2.05) is 6.92 Å². The molecule has 0 spiro atoms. The second kappa shape index (κ2) is 6.54. The van der Waals surface area contributed by atoms with Gasteiger partial charge in [-0.1, -0.05) is 6.92 Å². The number of rotatable bonds is 5. The van der Waals surface area contributed by atoms with Crippen LogP contribution in [0, 0.1) is 11.3 Å². The third-order valence-corrected chi connectivity index (χ3v) is 3.02. The minimum absolute atomic E-state index is 0.528. The Kier molecular flexibility index (Phi) is 4.53. The van der Waals surface area contributed by atoms with Gasteiger partial charge in [0.15, 0.2) is 0 Å². The van der Waals surface area contributed by atoms with Gasteiger partial charge in [-0.05, 0) is 18.6 Å². The molecule has 0 unspecified atom stereocenters. The Morgan fingerprint density at radius 2 is 2.10 bits per heavy atom. The normalized spacial score (nSPS) is 9.81. The topological polar surface area (TPSA) is 109 Å². The van der Waals surface area contributed by atoms with Crippen LogP contribution in [-0.2, 0) is 6.42 Å². The van der Waals surface area contributed by atoms with Gasteiger partial charge in [0.25, 0.3) is 0 Å². The van der Waals surface area contributed by atoms with Crippen LogP contribution in [-0.4, -0.2) is 17.1 Å². The van der Waals surface area contributed by atoms with Gasteiger partial charge in [0, 0.05) is 11.6 Å². The largest absolute Gasteiger partial charge is 0.495 e. The number of benzene rings is 1. The molecule has 0 aliphatic rings. The van der Waals surface area contributed by atoms with Gasteiger partial charge in [0.2, 0.25) is 0 Å². The Morgan fingerprint density at radius 3 is 2.71 bits per heavy atom. The van der Waals surface area contributed by atoms with E-state index >= 15 is 0 Å². The van der Waals surface area contributed by atoms with Crippen molar-refractivity contribution in [1.82, 2.24) is 9.97 Å². The molecule has 4 N–H and O–H groups in total. The highest BCUT2D eigenvalue weighted by Crippen LogP contribution is 2.30. The molecular weight excluding hydrogens is 268 g/mol. The van der Waals surface area contributed by atoms with Crippen molar-refractivity contribution in [2.24, 2.45) is 5.84 Å². The molecule has 0 saturated carbocycles. The molecule has 2 aromatic rings. The van der Waals surface area contributed by atoms with Crippen LogP contribution < -0.4 is 21.3 Å². The van der Waals surface area contributed by atoms with Crippen LogP contribution in [0.25, 0.3) is 0 Å². The van der Waals surface area contributed by atoms with Crippen molar-refractivity contribution in [1.29, 1.82) is 5.26 Å². The quantitative estimate of drug-likeness (QED) is 0.568. The summed E-state index contributed by atoms with van der Waals surface area (Å²) in [5.74, 6) is 7.23. The Balaban J connectivity index is 2.41. The van der Waals surface area contributed by atoms with E-state index < -0.39 is 0 Å². The number of ether oxygens (including phenoxy) is 1. The number of methoxy groups -OCH3 is 1. The molecule has 108 valence electrons. The van der Waals surface area contributed by atoms with Gasteiger partial charge in [0.1, 0.15) is 23.7 Å². The third kappa shape index (κ3) is 3.01. The van der Waals surface area contributed by atoms with Crippen molar-refractivity contribution in [3.8, 4) is 11.8 Å². The van der Waals surface area contributed by atoms with Crippen molar-refractivity contribution in [2.45, 2.75) is 13.3 Å². The van der Waals surface area contributed by atoms with E-state index in [4.69, 9.17) is 15.8 Å². The summed E-state index contributed by atoms with van der Waals surface area (Å²) in [5, 5.41) is 12.1. The zero-order chi connectivity index (χ0) is 15.2. The van der Waals surface area contributed by atoms with E-state index in [1.54, 1.807) is 25.3 Å². The average Bonchev–Trinajstić information content (AvgIpc) is 2.54. The van der Waals surface area contributed by atoms with Gasteiger partial charge >= 0.3 is 0 Å². The maximum atomic E-state index is 8.92. The second-order valence-corrected chi connectivity index (χ2v) is 4.20. The second-order valence-electron chi connectivity index (χ2n) is 4.20. The first-order valence-corrected chi connectivity index (χ1v) is 6.39. The summed E-state index contributed by atoms with van der Waals surface area (Å²) in [6.07, 6.45) is 2.13.